The van der Waals surface area contributed by atoms with Crippen molar-refractivity contribution in [2.45, 2.75) is 52.9 Å². The van der Waals surface area contributed by atoms with Crippen LogP contribution in [0.3, 0.4) is 0 Å². The minimum Gasteiger partial charge on any atom is -0.493 e. The fourth-order valence-corrected chi connectivity index (χ4v) is 2.55. The second-order valence-electron chi connectivity index (χ2n) is 7.11. The van der Waals surface area contributed by atoms with E-state index in [-0.39, 0.29) is 0 Å². The number of unbranched alkanes of at least 4 members (excludes halogenated alkanes) is 3. The van der Waals surface area contributed by atoms with E-state index < -0.39 is 0 Å². The van der Waals surface area contributed by atoms with Crippen molar-refractivity contribution < 1.29 is 14.2 Å². The smallest absolute Gasteiger partial charge is 0.159 e. The molecule has 1 aromatic heterocycles. The van der Waals surface area contributed by atoms with E-state index >= 15 is 0 Å². The average Bonchev–Trinajstić information content (AvgIpc) is 2.74. The molecule has 1 aromatic carbocycles. The van der Waals surface area contributed by atoms with E-state index in [9.17, 15) is 0 Å². The zero-order valence-corrected chi connectivity index (χ0v) is 17.5. The van der Waals surface area contributed by atoms with Crippen molar-refractivity contribution in [3.05, 3.63) is 36.7 Å². The second-order valence-corrected chi connectivity index (χ2v) is 7.11. The van der Waals surface area contributed by atoms with Crippen LogP contribution in [0.4, 0.5) is 0 Å². The maximum atomic E-state index is 5.79. The molecule has 2 aromatic rings. The van der Waals surface area contributed by atoms with Gasteiger partial charge >= 0.3 is 0 Å². The van der Waals surface area contributed by atoms with E-state index in [4.69, 9.17) is 14.2 Å². The Kier molecular flexibility index (Phi) is 10.4. The van der Waals surface area contributed by atoms with Crippen molar-refractivity contribution >= 4 is 0 Å². The lowest BCUT2D eigenvalue weighted by atomic mass is 10.1. The van der Waals surface area contributed by atoms with Crippen molar-refractivity contribution in [1.29, 1.82) is 0 Å². The van der Waals surface area contributed by atoms with Gasteiger partial charge in [-0.25, -0.2) is 9.97 Å². The Labute approximate surface area is 169 Å². The Morgan fingerprint density at radius 1 is 0.821 bits per heavy atom. The molecule has 0 amide bonds. The van der Waals surface area contributed by atoms with Crippen LogP contribution in [-0.2, 0) is 4.74 Å². The maximum Gasteiger partial charge on any atom is 0.159 e. The molecule has 0 bridgehead atoms. The molecule has 0 aliphatic rings. The minimum absolute atomic E-state index is 0.513. The van der Waals surface area contributed by atoms with E-state index in [1.807, 2.05) is 24.3 Å². The van der Waals surface area contributed by atoms with Crippen LogP contribution in [0.5, 0.6) is 11.5 Å². The number of nitrogens with zero attached hydrogens (tertiary/aromatic N) is 2. The number of aromatic nitrogens is 2. The Bertz CT molecular complexity index is 644. The maximum absolute atomic E-state index is 5.79. The Hall–Kier alpha value is -2.14. The summed E-state index contributed by atoms with van der Waals surface area (Å²) in [6.45, 7) is 9.21. The first-order valence-electron chi connectivity index (χ1n) is 10.5. The first-order valence-corrected chi connectivity index (χ1v) is 10.5. The summed E-state index contributed by atoms with van der Waals surface area (Å²) in [5, 5.41) is 0. The van der Waals surface area contributed by atoms with Crippen molar-refractivity contribution in [2.75, 3.05) is 26.4 Å². The lowest BCUT2D eigenvalue weighted by molar-refractivity contribution is 0.0969. The van der Waals surface area contributed by atoms with Crippen molar-refractivity contribution in [2.24, 2.45) is 5.92 Å². The second kappa shape index (κ2) is 13.1. The summed E-state index contributed by atoms with van der Waals surface area (Å²) in [6, 6.07) is 7.88. The number of benzene rings is 1. The summed E-state index contributed by atoms with van der Waals surface area (Å²) in [5.41, 5.74) is 0.956. The first kappa shape index (κ1) is 22.2. The predicted octanol–water partition coefficient (Wildman–Crippen LogP) is 5.54. The number of hydrogen-bond donors (Lipinski definition) is 0. The lowest BCUT2D eigenvalue weighted by Crippen LogP contribution is -2.08. The SMILES string of the molecule is CCCCCCOCCOc1cnc(-c2ccc(OCC(C)CC)cc2)nc1. The molecular weight excluding hydrogens is 352 g/mol. The van der Waals surface area contributed by atoms with Gasteiger partial charge in [0.05, 0.1) is 25.6 Å². The third kappa shape index (κ3) is 8.26. The molecule has 28 heavy (non-hydrogen) atoms. The van der Waals surface area contributed by atoms with Crippen LogP contribution in [0.25, 0.3) is 11.4 Å². The molecule has 1 atom stereocenters. The molecular formula is C23H34N2O3. The monoisotopic (exact) mass is 386 g/mol. The highest BCUT2D eigenvalue weighted by molar-refractivity contribution is 5.56. The molecule has 5 nitrogen and oxygen atoms in total. The normalized spacial score (nSPS) is 12.0. The summed E-state index contributed by atoms with van der Waals surface area (Å²) >= 11 is 0. The molecule has 0 radical (unpaired) electrons. The van der Waals surface area contributed by atoms with Gasteiger partial charge < -0.3 is 14.2 Å². The largest absolute Gasteiger partial charge is 0.493 e. The van der Waals surface area contributed by atoms with Gasteiger partial charge in [-0.05, 0) is 36.6 Å². The Morgan fingerprint density at radius 2 is 1.57 bits per heavy atom. The summed E-state index contributed by atoms with van der Waals surface area (Å²) in [5.74, 6) is 2.76. The molecule has 1 unspecified atom stereocenters. The van der Waals surface area contributed by atoms with Crippen LogP contribution in [0.15, 0.2) is 36.7 Å². The van der Waals surface area contributed by atoms with Crippen molar-refractivity contribution in [3.8, 4) is 22.9 Å². The van der Waals surface area contributed by atoms with Gasteiger partial charge in [0.2, 0.25) is 0 Å². The van der Waals surface area contributed by atoms with Gasteiger partial charge in [-0.3, -0.25) is 0 Å². The van der Waals surface area contributed by atoms with Crippen LogP contribution >= 0.6 is 0 Å². The van der Waals surface area contributed by atoms with E-state index in [0.717, 1.165) is 37.4 Å². The third-order valence-electron chi connectivity index (χ3n) is 4.61. The number of ether oxygens (including phenoxy) is 3. The number of rotatable bonds is 14. The van der Waals surface area contributed by atoms with Crippen LogP contribution in [0, 0.1) is 5.92 Å². The van der Waals surface area contributed by atoms with Crippen molar-refractivity contribution in [3.63, 3.8) is 0 Å². The molecule has 0 aliphatic carbocycles. The van der Waals surface area contributed by atoms with Crippen molar-refractivity contribution in [1.82, 2.24) is 9.97 Å². The fourth-order valence-electron chi connectivity index (χ4n) is 2.55. The highest BCUT2D eigenvalue weighted by Gasteiger charge is 2.04. The molecule has 0 saturated carbocycles. The molecule has 0 saturated heterocycles. The molecule has 2 rings (SSSR count). The molecule has 5 heteroatoms. The van der Waals surface area contributed by atoms with Gasteiger partial charge in [-0.15, -0.1) is 0 Å². The molecule has 154 valence electrons. The van der Waals surface area contributed by atoms with Gasteiger partial charge in [-0.2, -0.15) is 0 Å². The topological polar surface area (TPSA) is 53.5 Å². The highest BCUT2D eigenvalue weighted by atomic mass is 16.5. The van der Waals surface area contributed by atoms with E-state index in [2.05, 4.69) is 30.7 Å². The predicted molar refractivity (Wildman–Crippen MR) is 113 cm³/mol. The zero-order chi connectivity index (χ0) is 20.0. The molecule has 1 heterocycles. The Balaban J connectivity index is 1.71. The van der Waals surface area contributed by atoms with Gasteiger partial charge in [0, 0.05) is 12.2 Å². The van der Waals surface area contributed by atoms with Gasteiger partial charge in [0.1, 0.15) is 12.4 Å². The minimum atomic E-state index is 0.513. The summed E-state index contributed by atoms with van der Waals surface area (Å²) in [7, 11) is 0. The Morgan fingerprint density at radius 3 is 2.25 bits per heavy atom. The summed E-state index contributed by atoms with van der Waals surface area (Å²) in [4.78, 5) is 8.79. The summed E-state index contributed by atoms with van der Waals surface area (Å²) in [6.07, 6.45) is 9.40. The third-order valence-corrected chi connectivity index (χ3v) is 4.61. The van der Waals surface area contributed by atoms with Crippen LogP contribution in [0.2, 0.25) is 0 Å². The molecule has 0 fully saturated rings. The quantitative estimate of drug-likeness (QED) is 0.399. The standard InChI is InChI=1S/C23H34N2O3/c1-4-6-7-8-13-26-14-15-27-22-16-24-23(25-17-22)20-9-11-21(12-10-20)28-18-19(3)5-2/h9-12,16-17,19H,4-8,13-15,18H2,1-3H3. The van der Waals surface area contributed by atoms with Crippen LogP contribution in [0.1, 0.15) is 52.9 Å². The van der Waals surface area contributed by atoms with E-state index in [1.165, 1.54) is 19.3 Å². The summed E-state index contributed by atoms with van der Waals surface area (Å²) < 4.78 is 17.0. The van der Waals surface area contributed by atoms with E-state index in [0.29, 0.717) is 30.7 Å². The fraction of sp³-hybridized carbons (Fsp3) is 0.565. The average molecular weight is 387 g/mol. The van der Waals surface area contributed by atoms with Gasteiger partial charge in [-0.1, -0.05) is 46.5 Å². The number of hydrogen-bond acceptors (Lipinski definition) is 5. The molecule has 0 N–H and O–H groups in total. The molecule has 0 aliphatic heterocycles. The van der Waals surface area contributed by atoms with Crippen LogP contribution < -0.4 is 9.47 Å². The van der Waals surface area contributed by atoms with Gasteiger partial charge in [0.25, 0.3) is 0 Å². The highest BCUT2D eigenvalue weighted by Crippen LogP contribution is 2.21. The van der Waals surface area contributed by atoms with Crippen LogP contribution in [-0.4, -0.2) is 36.4 Å². The zero-order valence-electron chi connectivity index (χ0n) is 17.5. The first-order chi connectivity index (χ1) is 13.7. The molecule has 0 spiro atoms. The van der Waals surface area contributed by atoms with Gasteiger partial charge in [0.15, 0.2) is 11.6 Å². The van der Waals surface area contributed by atoms with E-state index in [1.54, 1.807) is 12.4 Å². The lowest BCUT2D eigenvalue weighted by Gasteiger charge is -2.11.